The molecule has 3 aliphatic rings. The van der Waals surface area contributed by atoms with Gasteiger partial charge in [0, 0.05) is 24.9 Å². The second-order valence-electron chi connectivity index (χ2n) is 7.30. The number of benzene rings is 2. The fourth-order valence-electron chi connectivity index (χ4n) is 4.48. The first-order chi connectivity index (χ1) is 12.1. The van der Waals surface area contributed by atoms with Gasteiger partial charge in [-0.05, 0) is 53.7 Å². The molecule has 3 heteroatoms. The molecule has 0 aromatic heterocycles. The first-order valence-electron chi connectivity index (χ1n) is 8.99. The lowest BCUT2D eigenvalue weighted by Gasteiger charge is -2.45. The molecule has 0 radical (unpaired) electrons. The summed E-state index contributed by atoms with van der Waals surface area (Å²) in [6.45, 7) is 7.55. The van der Waals surface area contributed by atoms with Crippen molar-refractivity contribution in [2.45, 2.75) is 25.2 Å². The van der Waals surface area contributed by atoms with Crippen LogP contribution in [0.15, 0.2) is 60.7 Å². The second-order valence-corrected chi connectivity index (χ2v) is 7.71. The van der Waals surface area contributed by atoms with Crippen LogP contribution in [0.5, 0.6) is 0 Å². The molecule has 2 N–H and O–H groups in total. The summed E-state index contributed by atoms with van der Waals surface area (Å²) >= 11 is 5.42. The van der Waals surface area contributed by atoms with Crippen molar-refractivity contribution >= 4 is 17.3 Å². The molecule has 2 aromatic carbocycles. The van der Waals surface area contributed by atoms with Gasteiger partial charge in [-0.15, -0.1) is 0 Å². The minimum absolute atomic E-state index is 0.467. The Bertz CT molecular complexity index is 779. The van der Waals surface area contributed by atoms with Crippen molar-refractivity contribution in [2.75, 3.05) is 13.1 Å². The first kappa shape index (κ1) is 16.3. The molecule has 0 heterocycles. The molecule has 25 heavy (non-hydrogen) atoms. The molecule has 2 bridgehead atoms. The minimum atomic E-state index is 0.467. The summed E-state index contributed by atoms with van der Waals surface area (Å²) in [7, 11) is 0. The van der Waals surface area contributed by atoms with E-state index in [1.807, 2.05) is 6.92 Å². The molecule has 2 aromatic rings. The molecule has 0 fully saturated rings. The minimum Gasteiger partial charge on any atom is -0.362 e. The molecule has 0 spiro atoms. The summed E-state index contributed by atoms with van der Waals surface area (Å²) in [5, 5.41) is 7.39. The molecular formula is C22H24N2S. The zero-order valence-electron chi connectivity index (χ0n) is 14.6. The van der Waals surface area contributed by atoms with Gasteiger partial charge in [0.25, 0.3) is 0 Å². The van der Waals surface area contributed by atoms with Crippen LogP contribution in [0, 0.1) is 5.92 Å². The standard InChI is InChI=1S/C22H24N2S/c1-14(2)12-23-22(25)24-13-15-11-20-16-7-3-5-9-18(16)21(15)19-10-6-4-8-17(19)20/h3-10,15,20-21H,1,11-13H2,2H3,(H2,23,24,25)/t15-,20?,21?/m1/s1. The van der Waals surface area contributed by atoms with Gasteiger partial charge < -0.3 is 10.6 Å². The fraction of sp³-hybridized carbons (Fsp3) is 0.318. The predicted octanol–water partition coefficient (Wildman–Crippen LogP) is 4.32. The van der Waals surface area contributed by atoms with Crippen LogP contribution in [-0.4, -0.2) is 18.2 Å². The molecule has 0 unspecified atom stereocenters. The number of hydrogen-bond acceptors (Lipinski definition) is 1. The van der Waals surface area contributed by atoms with Gasteiger partial charge in [-0.1, -0.05) is 60.7 Å². The van der Waals surface area contributed by atoms with E-state index in [0.717, 1.165) is 23.8 Å². The van der Waals surface area contributed by atoms with Crippen LogP contribution in [0.3, 0.4) is 0 Å². The Kier molecular flexibility index (Phi) is 4.34. The highest BCUT2D eigenvalue weighted by Gasteiger charge is 2.42. The lowest BCUT2D eigenvalue weighted by atomic mass is 9.59. The van der Waals surface area contributed by atoms with E-state index in [1.54, 1.807) is 0 Å². The van der Waals surface area contributed by atoms with Gasteiger partial charge in [0.2, 0.25) is 0 Å². The lowest BCUT2D eigenvalue weighted by molar-refractivity contribution is 0.354. The van der Waals surface area contributed by atoms with E-state index >= 15 is 0 Å². The summed E-state index contributed by atoms with van der Waals surface area (Å²) in [6.07, 6.45) is 1.19. The van der Waals surface area contributed by atoms with E-state index in [0.29, 0.717) is 17.8 Å². The largest absolute Gasteiger partial charge is 0.362 e. The maximum Gasteiger partial charge on any atom is 0.166 e. The lowest BCUT2D eigenvalue weighted by Crippen LogP contribution is -2.43. The number of fused-ring (bicyclic) bond motifs is 1. The van der Waals surface area contributed by atoms with E-state index in [-0.39, 0.29) is 0 Å². The molecule has 0 saturated carbocycles. The topological polar surface area (TPSA) is 24.1 Å². The van der Waals surface area contributed by atoms with Crippen molar-refractivity contribution in [3.8, 4) is 0 Å². The van der Waals surface area contributed by atoms with E-state index in [2.05, 4.69) is 65.7 Å². The zero-order valence-corrected chi connectivity index (χ0v) is 15.4. The molecule has 128 valence electrons. The zero-order chi connectivity index (χ0) is 17.4. The Morgan fingerprint density at radius 2 is 1.56 bits per heavy atom. The smallest absolute Gasteiger partial charge is 0.166 e. The number of thiocarbonyl (C=S) groups is 1. The fourth-order valence-corrected chi connectivity index (χ4v) is 4.63. The molecule has 0 aliphatic heterocycles. The maximum atomic E-state index is 5.42. The van der Waals surface area contributed by atoms with Gasteiger partial charge in [0.1, 0.15) is 0 Å². The Balaban J connectivity index is 1.56. The highest BCUT2D eigenvalue weighted by Crippen LogP contribution is 2.54. The molecule has 1 atom stereocenters. The van der Waals surface area contributed by atoms with Gasteiger partial charge in [-0.2, -0.15) is 0 Å². The van der Waals surface area contributed by atoms with Crippen LogP contribution in [0.1, 0.15) is 47.4 Å². The number of hydrogen-bond donors (Lipinski definition) is 2. The Morgan fingerprint density at radius 1 is 1.00 bits per heavy atom. The van der Waals surface area contributed by atoms with Crippen molar-refractivity contribution in [2.24, 2.45) is 5.92 Å². The Morgan fingerprint density at radius 3 is 2.12 bits per heavy atom. The first-order valence-corrected chi connectivity index (χ1v) is 9.39. The van der Waals surface area contributed by atoms with Crippen LogP contribution in [-0.2, 0) is 0 Å². The van der Waals surface area contributed by atoms with Crippen molar-refractivity contribution < 1.29 is 0 Å². The second kappa shape index (κ2) is 6.64. The summed E-state index contributed by atoms with van der Waals surface area (Å²) < 4.78 is 0. The quantitative estimate of drug-likeness (QED) is 0.635. The van der Waals surface area contributed by atoms with E-state index in [4.69, 9.17) is 12.2 Å². The third kappa shape index (κ3) is 2.98. The van der Waals surface area contributed by atoms with Crippen LogP contribution in [0.2, 0.25) is 0 Å². The van der Waals surface area contributed by atoms with Crippen molar-refractivity contribution in [3.05, 3.63) is 82.9 Å². The summed E-state index contributed by atoms with van der Waals surface area (Å²) in [5.41, 5.74) is 7.13. The van der Waals surface area contributed by atoms with Crippen molar-refractivity contribution in [3.63, 3.8) is 0 Å². The summed E-state index contributed by atoms with van der Waals surface area (Å²) in [5.74, 6) is 1.55. The third-order valence-electron chi connectivity index (χ3n) is 5.50. The van der Waals surface area contributed by atoms with Crippen LogP contribution in [0.25, 0.3) is 0 Å². The van der Waals surface area contributed by atoms with Crippen molar-refractivity contribution in [1.29, 1.82) is 0 Å². The summed E-state index contributed by atoms with van der Waals surface area (Å²) in [6, 6.07) is 17.9. The Hall–Kier alpha value is -2.13. The van der Waals surface area contributed by atoms with Crippen LogP contribution >= 0.6 is 12.2 Å². The van der Waals surface area contributed by atoms with Gasteiger partial charge in [-0.3, -0.25) is 0 Å². The normalized spacial score (nSPS) is 22.7. The van der Waals surface area contributed by atoms with E-state index in [1.165, 1.54) is 28.7 Å². The van der Waals surface area contributed by atoms with Crippen LogP contribution < -0.4 is 10.6 Å². The monoisotopic (exact) mass is 348 g/mol. The maximum absolute atomic E-state index is 5.42. The molecular weight excluding hydrogens is 324 g/mol. The highest BCUT2D eigenvalue weighted by molar-refractivity contribution is 7.80. The molecule has 5 rings (SSSR count). The molecule has 0 amide bonds. The van der Waals surface area contributed by atoms with Crippen molar-refractivity contribution in [1.82, 2.24) is 10.6 Å². The SMILES string of the molecule is C=C(C)CNC(=S)NC[C@H]1CC2c3ccccc3C1c1ccccc12. The highest BCUT2D eigenvalue weighted by atomic mass is 32.1. The van der Waals surface area contributed by atoms with Gasteiger partial charge in [0.05, 0.1) is 0 Å². The molecule has 2 nitrogen and oxygen atoms in total. The third-order valence-corrected chi connectivity index (χ3v) is 5.79. The average Bonchev–Trinajstić information content (AvgIpc) is 2.65. The van der Waals surface area contributed by atoms with Gasteiger partial charge in [-0.25, -0.2) is 0 Å². The number of nitrogens with one attached hydrogen (secondary N) is 2. The Labute approximate surface area is 155 Å². The number of rotatable bonds is 4. The van der Waals surface area contributed by atoms with Crippen LogP contribution in [0.4, 0.5) is 0 Å². The predicted molar refractivity (Wildman–Crippen MR) is 108 cm³/mol. The van der Waals surface area contributed by atoms with Gasteiger partial charge in [0.15, 0.2) is 5.11 Å². The van der Waals surface area contributed by atoms with E-state index in [9.17, 15) is 0 Å². The molecule has 0 saturated heterocycles. The average molecular weight is 349 g/mol. The van der Waals surface area contributed by atoms with E-state index < -0.39 is 0 Å². The summed E-state index contributed by atoms with van der Waals surface area (Å²) in [4.78, 5) is 0. The molecule has 3 aliphatic carbocycles. The van der Waals surface area contributed by atoms with Gasteiger partial charge >= 0.3 is 0 Å².